The van der Waals surface area contributed by atoms with Crippen molar-refractivity contribution in [3.8, 4) is 0 Å². The van der Waals surface area contributed by atoms with Crippen LogP contribution in [0.3, 0.4) is 0 Å². The van der Waals surface area contributed by atoms with E-state index in [4.69, 9.17) is 4.74 Å². The number of nitrogens with zero attached hydrogens (tertiary/aromatic N) is 2. The molecule has 0 spiro atoms. The first-order valence-electron chi connectivity index (χ1n) is 6.53. The Balaban J connectivity index is 2.41. The summed E-state index contributed by atoms with van der Waals surface area (Å²) in [5, 5.41) is 20.4. The highest BCUT2D eigenvalue weighted by Gasteiger charge is 2.16. The van der Waals surface area contributed by atoms with E-state index in [-0.39, 0.29) is 12.2 Å². The fourth-order valence-corrected chi connectivity index (χ4v) is 2.30. The zero-order valence-corrected chi connectivity index (χ0v) is 12.0. The molecular formula is C15H18N2O4. The molecule has 0 aliphatic heterocycles. The zero-order chi connectivity index (χ0) is 15.4. The topological polar surface area (TPSA) is 82.9 Å². The van der Waals surface area contributed by atoms with E-state index < -0.39 is 12.1 Å². The lowest BCUT2D eigenvalue weighted by Crippen LogP contribution is -2.32. The summed E-state index contributed by atoms with van der Waals surface area (Å²) >= 11 is 0. The number of benzene rings is 1. The van der Waals surface area contributed by atoms with Crippen LogP contribution in [0.25, 0.3) is 10.8 Å². The van der Waals surface area contributed by atoms with E-state index in [1.807, 2.05) is 12.1 Å². The van der Waals surface area contributed by atoms with Crippen LogP contribution in [0.15, 0.2) is 30.5 Å². The molecular weight excluding hydrogens is 272 g/mol. The van der Waals surface area contributed by atoms with Gasteiger partial charge >= 0.3 is 5.97 Å². The molecule has 2 rings (SSSR count). The third-order valence-corrected chi connectivity index (χ3v) is 3.21. The quantitative estimate of drug-likeness (QED) is 0.836. The van der Waals surface area contributed by atoms with E-state index >= 15 is 0 Å². The van der Waals surface area contributed by atoms with Gasteiger partial charge in [0.05, 0.1) is 18.3 Å². The number of carboxylic acid groups (broad SMARTS) is 1. The molecule has 1 unspecified atom stereocenters. The van der Waals surface area contributed by atoms with Gasteiger partial charge in [0.1, 0.15) is 5.82 Å². The molecule has 6 nitrogen and oxygen atoms in total. The number of pyridine rings is 1. The minimum absolute atomic E-state index is 0.167. The molecule has 0 radical (unpaired) electrons. The Morgan fingerprint density at radius 3 is 2.67 bits per heavy atom. The highest BCUT2D eigenvalue weighted by Crippen LogP contribution is 2.26. The molecule has 0 aliphatic carbocycles. The Morgan fingerprint density at radius 2 is 2.05 bits per heavy atom. The average molecular weight is 290 g/mol. The van der Waals surface area contributed by atoms with Gasteiger partial charge in [-0.3, -0.25) is 0 Å². The van der Waals surface area contributed by atoms with E-state index in [9.17, 15) is 15.0 Å². The normalized spacial score (nSPS) is 12.3. The van der Waals surface area contributed by atoms with E-state index in [0.29, 0.717) is 17.7 Å². The van der Waals surface area contributed by atoms with Crippen molar-refractivity contribution < 1.29 is 19.7 Å². The highest BCUT2D eigenvalue weighted by molar-refractivity contribution is 6.06. The molecule has 6 heteroatoms. The van der Waals surface area contributed by atoms with Crippen LogP contribution >= 0.6 is 0 Å². The summed E-state index contributed by atoms with van der Waals surface area (Å²) in [7, 11) is 3.33. The Hall–Kier alpha value is -2.18. The monoisotopic (exact) mass is 290 g/mol. The number of hydrogen-bond acceptors (Lipinski definition) is 5. The van der Waals surface area contributed by atoms with Crippen molar-refractivity contribution in [2.45, 2.75) is 6.10 Å². The second kappa shape index (κ2) is 6.51. The van der Waals surface area contributed by atoms with Crippen molar-refractivity contribution in [1.82, 2.24) is 4.98 Å². The van der Waals surface area contributed by atoms with Gasteiger partial charge in [0.2, 0.25) is 0 Å². The first-order chi connectivity index (χ1) is 10.0. The van der Waals surface area contributed by atoms with E-state index in [2.05, 4.69) is 4.98 Å². The predicted molar refractivity (Wildman–Crippen MR) is 79.9 cm³/mol. The van der Waals surface area contributed by atoms with Gasteiger partial charge in [-0.05, 0) is 0 Å². The van der Waals surface area contributed by atoms with E-state index in [1.165, 1.54) is 13.3 Å². The molecule has 1 atom stereocenters. The molecule has 0 bridgehead atoms. The lowest BCUT2D eigenvalue weighted by molar-refractivity contribution is 0.0691. The molecule has 0 amide bonds. The van der Waals surface area contributed by atoms with Crippen LogP contribution in [-0.4, -0.2) is 54.6 Å². The first kappa shape index (κ1) is 15.2. The highest BCUT2D eigenvalue weighted by atomic mass is 16.5. The zero-order valence-electron chi connectivity index (χ0n) is 12.0. The maximum Gasteiger partial charge on any atom is 0.337 e. The maximum absolute atomic E-state index is 11.2. The molecule has 2 N–H and O–H groups in total. The summed E-state index contributed by atoms with van der Waals surface area (Å²) in [6.07, 6.45) is 0.707. The van der Waals surface area contributed by atoms with Gasteiger partial charge in [-0.25, -0.2) is 9.78 Å². The molecule has 1 aromatic carbocycles. The smallest absolute Gasteiger partial charge is 0.337 e. The predicted octanol–water partition coefficient (Wildman–Crippen LogP) is 1.38. The van der Waals surface area contributed by atoms with Gasteiger partial charge in [0.15, 0.2) is 0 Å². The van der Waals surface area contributed by atoms with Crippen LogP contribution < -0.4 is 4.90 Å². The molecule has 0 aliphatic rings. The Bertz CT molecular complexity index is 645. The number of carbonyl (C=O) groups is 1. The van der Waals surface area contributed by atoms with Gasteiger partial charge in [-0.2, -0.15) is 0 Å². The fraction of sp³-hybridized carbons (Fsp3) is 0.333. The number of methoxy groups -OCH3 is 1. The van der Waals surface area contributed by atoms with E-state index in [0.717, 1.165) is 5.39 Å². The van der Waals surface area contributed by atoms with Gasteiger partial charge in [0.25, 0.3) is 0 Å². The van der Waals surface area contributed by atoms with E-state index in [1.54, 1.807) is 24.1 Å². The number of carboxylic acids is 1. The van der Waals surface area contributed by atoms with Crippen molar-refractivity contribution in [2.75, 3.05) is 32.2 Å². The maximum atomic E-state index is 11.2. The second-order valence-electron chi connectivity index (χ2n) is 4.84. The largest absolute Gasteiger partial charge is 0.478 e. The SMILES string of the molecule is COCC(O)CN(C)c1ncc(C(=O)O)c2ccccc12. The number of aliphatic hydroxyl groups excluding tert-OH is 1. The summed E-state index contributed by atoms with van der Waals surface area (Å²) in [6.45, 7) is 0.576. The minimum Gasteiger partial charge on any atom is -0.478 e. The molecule has 0 fully saturated rings. The average Bonchev–Trinajstić information content (AvgIpc) is 2.45. The van der Waals surface area contributed by atoms with Gasteiger partial charge in [0, 0.05) is 37.7 Å². The molecule has 112 valence electrons. The number of anilines is 1. The van der Waals surface area contributed by atoms with Crippen LogP contribution in [0.1, 0.15) is 10.4 Å². The van der Waals surface area contributed by atoms with Crippen molar-refractivity contribution in [3.05, 3.63) is 36.0 Å². The number of hydrogen-bond donors (Lipinski definition) is 2. The first-order valence-corrected chi connectivity index (χ1v) is 6.53. The van der Waals surface area contributed by atoms with Crippen molar-refractivity contribution in [2.24, 2.45) is 0 Å². The summed E-state index contributed by atoms with van der Waals surface area (Å²) in [5.41, 5.74) is 0.167. The molecule has 2 aromatic rings. The summed E-state index contributed by atoms with van der Waals surface area (Å²) in [6, 6.07) is 7.20. The van der Waals surface area contributed by atoms with Crippen LogP contribution in [0.4, 0.5) is 5.82 Å². The minimum atomic E-state index is -1.01. The number of aromatic carboxylic acids is 1. The lowest BCUT2D eigenvalue weighted by atomic mass is 10.1. The van der Waals surface area contributed by atoms with Gasteiger partial charge in [-0.15, -0.1) is 0 Å². The third kappa shape index (κ3) is 3.29. The number of fused-ring (bicyclic) bond motifs is 1. The Kier molecular flexibility index (Phi) is 4.72. The van der Waals surface area contributed by atoms with Crippen LogP contribution in [0.2, 0.25) is 0 Å². The third-order valence-electron chi connectivity index (χ3n) is 3.21. The summed E-state index contributed by atoms with van der Waals surface area (Å²) in [5.74, 6) is -0.377. The van der Waals surface area contributed by atoms with Crippen LogP contribution in [-0.2, 0) is 4.74 Å². The van der Waals surface area contributed by atoms with Crippen LogP contribution in [0.5, 0.6) is 0 Å². The number of aromatic nitrogens is 1. The Labute approximate surface area is 122 Å². The van der Waals surface area contributed by atoms with Crippen molar-refractivity contribution >= 4 is 22.6 Å². The molecule has 1 heterocycles. The summed E-state index contributed by atoms with van der Waals surface area (Å²) < 4.78 is 4.90. The van der Waals surface area contributed by atoms with Crippen molar-refractivity contribution in [3.63, 3.8) is 0 Å². The number of rotatable bonds is 6. The number of aliphatic hydroxyl groups is 1. The number of ether oxygens (including phenoxy) is 1. The number of likely N-dealkylation sites (N-methyl/N-ethyl adjacent to an activating group) is 1. The summed E-state index contributed by atoms with van der Waals surface area (Å²) in [4.78, 5) is 17.3. The lowest BCUT2D eigenvalue weighted by Gasteiger charge is -2.23. The molecule has 0 saturated heterocycles. The van der Waals surface area contributed by atoms with Gasteiger partial charge < -0.3 is 19.8 Å². The molecule has 0 saturated carbocycles. The fourth-order valence-electron chi connectivity index (χ4n) is 2.30. The van der Waals surface area contributed by atoms with Crippen molar-refractivity contribution in [1.29, 1.82) is 0 Å². The molecule has 21 heavy (non-hydrogen) atoms. The van der Waals surface area contributed by atoms with Crippen LogP contribution in [0, 0.1) is 0 Å². The Morgan fingerprint density at radius 1 is 1.38 bits per heavy atom. The standard InChI is InChI=1S/C15H18N2O4/c1-17(8-10(18)9-21-2)14-12-6-4-3-5-11(12)13(7-16-14)15(19)20/h3-7,10,18H,8-9H2,1-2H3,(H,19,20). The van der Waals surface area contributed by atoms with Gasteiger partial charge in [-0.1, -0.05) is 24.3 Å². The molecule has 1 aromatic heterocycles. The second-order valence-corrected chi connectivity index (χ2v) is 4.84.